The molecule has 0 bridgehead atoms. The van der Waals surface area contributed by atoms with Crippen LogP contribution in [0.4, 0.5) is 8.78 Å². The summed E-state index contributed by atoms with van der Waals surface area (Å²) in [7, 11) is 0. The van der Waals surface area contributed by atoms with Gasteiger partial charge in [0.05, 0.1) is 17.3 Å². The largest absolute Gasteiger partial charge is 0.236 e. The van der Waals surface area contributed by atoms with Crippen molar-refractivity contribution in [3.63, 3.8) is 0 Å². The number of hydrogen-bond acceptors (Lipinski definition) is 1. The molecule has 0 radical (unpaired) electrons. The van der Waals surface area contributed by atoms with E-state index in [4.69, 9.17) is 11.6 Å². The Morgan fingerprint density at radius 3 is 2.67 bits per heavy atom. The van der Waals surface area contributed by atoms with Gasteiger partial charge in [-0.05, 0) is 18.2 Å². The Morgan fingerprint density at radius 1 is 1.20 bits per heavy atom. The minimum absolute atomic E-state index is 0.263. The van der Waals surface area contributed by atoms with Crippen LogP contribution >= 0.6 is 11.6 Å². The van der Waals surface area contributed by atoms with E-state index in [0.717, 1.165) is 17.8 Å². The van der Waals surface area contributed by atoms with Crippen molar-refractivity contribution in [1.82, 2.24) is 9.78 Å². The van der Waals surface area contributed by atoms with Crippen molar-refractivity contribution in [1.29, 1.82) is 0 Å². The van der Waals surface area contributed by atoms with Crippen LogP contribution < -0.4 is 0 Å². The highest BCUT2D eigenvalue weighted by Crippen LogP contribution is 2.15. The highest BCUT2D eigenvalue weighted by molar-refractivity contribution is 6.16. The molecule has 0 fully saturated rings. The van der Waals surface area contributed by atoms with Crippen LogP contribution in [0.25, 0.3) is 5.69 Å². The number of alkyl halides is 1. The van der Waals surface area contributed by atoms with Crippen LogP contribution in [0.1, 0.15) is 5.69 Å². The molecule has 2 rings (SSSR count). The van der Waals surface area contributed by atoms with Crippen molar-refractivity contribution < 1.29 is 8.78 Å². The van der Waals surface area contributed by atoms with Crippen molar-refractivity contribution in [2.75, 3.05) is 0 Å². The number of halogens is 3. The molecule has 1 aromatic heterocycles. The van der Waals surface area contributed by atoms with Gasteiger partial charge in [-0.3, -0.25) is 0 Å². The summed E-state index contributed by atoms with van der Waals surface area (Å²) < 4.78 is 27.1. The lowest BCUT2D eigenvalue weighted by atomic mass is 10.3. The topological polar surface area (TPSA) is 17.8 Å². The molecular weight excluding hydrogens is 222 g/mol. The molecule has 0 unspecified atom stereocenters. The van der Waals surface area contributed by atoms with Gasteiger partial charge in [0.2, 0.25) is 0 Å². The zero-order valence-electron chi connectivity index (χ0n) is 7.62. The van der Waals surface area contributed by atoms with Gasteiger partial charge in [0, 0.05) is 12.3 Å². The molecule has 0 aliphatic rings. The maximum atomic E-state index is 13.0. The lowest BCUT2D eigenvalue weighted by molar-refractivity contribution is 0.507. The van der Waals surface area contributed by atoms with E-state index in [2.05, 4.69) is 5.10 Å². The predicted octanol–water partition coefficient (Wildman–Crippen LogP) is 2.89. The Labute approximate surface area is 90.1 Å². The van der Waals surface area contributed by atoms with Crippen LogP contribution in [0.15, 0.2) is 30.5 Å². The Hall–Kier alpha value is -1.42. The highest BCUT2D eigenvalue weighted by Gasteiger charge is 2.07. The molecule has 0 atom stereocenters. The molecule has 15 heavy (non-hydrogen) atoms. The second kappa shape index (κ2) is 3.98. The van der Waals surface area contributed by atoms with E-state index < -0.39 is 11.6 Å². The van der Waals surface area contributed by atoms with Gasteiger partial charge in [0.25, 0.3) is 0 Å². The first-order valence-corrected chi connectivity index (χ1v) is 4.80. The van der Waals surface area contributed by atoms with Crippen LogP contribution in [-0.2, 0) is 5.88 Å². The Kier molecular flexibility index (Phi) is 2.68. The summed E-state index contributed by atoms with van der Waals surface area (Å²) in [5, 5.41) is 3.97. The summed E-state index contributed by atoms with van der Waals surface area (Å²) in [5.41, 5.74) is 1.18. The van der Waals surface area contributed by atoms with E-state index in [1.807, 2.05) is 0 Å². The van der Waals surface area contributed by atoms with Gasteiger partial charge in [-0.1, -0.05) is 0 Å². The summed E-state index contributed by atoms with van der Waals surface area (Å²) in [5.74, 6) is -1.51. The lowest BCUT2D eigenvalue weighted by Gasteiger charge is -2.05. The van der Waals surface area contributed by atoms with Crippen molar-refractivity contribution in [3.05, 3.63) is 47.8 Å². The minimum atomic E-state index is -0.900. The average Bonchev–Trinajstić information content (AvgIpc) is 2.70. The monoisotopic (exact) mass is 228 g/mol. The van der Waals surface area contributed by atoms with Gasteiger partial charge in [-0.15, -0.1) is 11.6 Å². The van der Waals surface area contributed by atoms with E-state index in [1.165, 1.54) is 10.7 Å². The van der Waals surface area contributed by atoms with Crippen LogP contribution in [0.3, 0.4) is 0 Å². The zero-order valence-corrected chi connectivity index (χ0v) is 8.38. The molecule has 0 saturated heterocycles. The normalized spacial score (nSPS) is 10.6. The summed E-state index contributed by atoms with van der Waals surface area (Å²) >= 11 is 5.67. The number of aromatic nitrogens is 2. The van der Waals surface area contributed by atoms with Gasteiger partial charge in [0.1, 0.15) is 0 Å². The van der Waals surface area contributed by atoms with Crippen LogP contribution in [0.5, 0.6) is 0 Å². The fraction of sp³-hybridized carbons (Fsp3) is 0.100. The molecule has 1 heterocycles. The maximum Gasteiger partial charge on any atom is 0.160 e. The summed E-state index contributed by atoms with van der Waals surface area (Å²) in [6, 6.07) is 5.30. The fourth-order valence-corrected chi connectivity index (χ4v) is 1.48. The average molecular weight is 229 g/mol. The Morgan fingerprint density at radius 2 is 2.00 bits per heavy atom. The summed E-state index contributed by atoms with van der Waals surface area (Å²) in [6.07, 6.45) is 1.55. The molecule has 2 aromatic rings. The van der Waals surface area contributed by atoms with Gasteiger partial charge in [-0.2, -0.15) is 5.10 Å². The molecule has 0 aliphatic heterocycles. The van der Waals surface area contributed by atoms with E-state index in [1.54, 1.807) is 12.3 Å². The third kappa shape index (κ3) is 1.85. The van der Waals surface area contributed by atoms with Gasteiger partial charge < -0.3 is 0 Å². The fourth-order valence-electron chi connectivity index (χ4n) is 1.28. The molecule has 0 N–H and O–H groups in total. The maximum absolute atomic E-state index is 13.0. The van der Waals surface area contributed by atoms with E-state index in [9.17, 15) is 8.78 Å². The lowest BCUT2D eigenvalue weighted by Crippen LogP contribution is -2.01. The van der Waals surface area contributed by atoms with E-state index in [-0.39, 0.29) is 5.88 Å². The highest BCUT2D eigenvalue weighted by atomic mass is 35.5. The number of nitrogens with zero attached hydrogens (tertiary/aromatic N) is 2. The summed E-state index contributed by atoms with van der Waals surface area (Å²) in [4.78, 5) is 0. The molecule has 0 spiro atoms. The van der Waals surface area contributed by atoms with Crippen LogP contribution in [-0.4, -0.2) is 9.78 Å². The molecule has 78 valence electrons. The van der Waals surface area contributed by atoms with Crippen molar-refractivity contribution in [2.45, 2.75) is 5.88 Å². The Bertz CT molecular complexity index is 482. The minimum Gasteiger partial charge on any atom is -0.236 e. The second-order valence-corrected chi connectivity index (χ2v) is 3.23. The smallest absolute Gasteiger partial charge is 0.160 e. The molecule has 0 aliphatic carbocycles. The van der Waals surface area contributed by atoms with Gasteiger partial charge >= 0.3 is 0 Å². The van der Waals surface area contributed by atoms with E-state index in [0.29, 0.717) is 5.69 Å². The van der Waals surface area contributed by atoms with Gasteiger partial charge in [-0.25, -0.2) is 13.5 Å². The molecule has 2 nitrogen and oxygen atoms in total. The quantitative estimate of drug-likeness (QED) is 0.723. The van der Waals surface area contributed by atoms with Gasteiger partial charge in [0.15, 0.2) is 11.6 Å². The molecule has 1 aromatic carbocycles. The molecule has 5 heteroatoms. The molecule has 0 amide bonds. The molecular formula is C10H7ClF2N2. The molecule has 0 saturated carbocycles. The second-order valence-electron chi connectivity index (χ2n) is 2.97. The number of benzene rings is 1. The first-order chi connectivity index (χ1) is 7.22. The third-order valence-electron chi connectivity index (χ3n) is 2.01. The number of rotatable bonds is 2. The van der Waals surface area contributed by atoms with Crippen molar-refractivity contribution in [3.8, 4) is 5.69 Å². The Balaban J connectivity index is 2.50. The summed E-state index contributed by atoms with van der Waals surface area (Å²) in [6.45, 7) is 0. The zero-order chi connectivity index (χ0) is 10.8. The third-order valence-corrected chi connectivity index (χ3v) is 2.28. The first kappa shape index (κ1) is 10.1. The van der Waals surface area contributed by atoms with Crippen LogP contribution in [0.2, 0.25) is 0 Å². The standard InChI is InChI=1S/C10H7ClF2N2/c11-6-8-3-4-14-15(8)7-1-2-9(12)10(13)5-7/h1-5H,6H2. The predicted molar refractivity (Wildman–Crippen MR) is 53.0 cm³/mol. The van der Waals surface area contributed by atoms with Crippen molar-refractivity contribution in [2.24, 2.45) is 0 Å². The first-order valence-electron chi connectivity index (χ1n) is 4.26. The van der Waals surface area contributed by atoms with Crippen LogP contribution in [0, 0.1) is 11.6 Å². The van der Waals surface area contributed by atoms with E-state index >= 15 is 0 Å². The van der Waals surface area contributed by atoms with Crippen molar-refractivity contribution >= 4 is 11.6 Å². The SMILES string of the molecule is Fc1ccc(-n2nccc2CCl)cc1F. The number of hydrogen-bond donors (Lipinski definition) is 0.